The SMILES string of the molecule is Cc1cc(Cl)ccc1C(=O)NCCc1ncc[nH]1. The van der Waals surface area contributed by atoms with Crippen LogP contribution in [0.1, 0.15) is 21.7 Å². The maximum Gasteiger partial charge on any atom is 0.251 e. The summed E-state index contributed by atoms with van der Waals surface area (Å²) in [6, 6.07) is 5.24. The minimum Gasteiger partial charge on any atom is -0.352 e. The number of nitrogens with zero attached hydrogens (tertiary/aromatic N) is 1. The van der Waals surface area contributed by atoms with Crippen molar-refractivity contribution in [3.63, 3.8) is 0 Å². The third-order valence-electron chi connectivity index (χ3n) is 2.64. The Hall–Kier alpha value is -1.81. The van der Waals surface area contributed by atoms with Crippen molar-refractivity contribution in [2.24, 2.45) is 0 Å². The number of carbonyl (C=O) groups is 1. The molecule has 5 heteroatoms. The van der Waals surface area contributed by atoms with E-state index in [0.29, 0.717) is 23.6 Å². The number of halogens is 1. The number of aromatic amines is 1. The lowest BCUT2D eigenvalue weighted by Gasteiger charge is -2.07. The first-order chi connectivity index (χ1) is 8.66. The molecular formula is C13H14ClN3O. The molecule has 0 atom stereocenters. The molecular weight excluding hydrogens is 250 g/mol. The molecule has 1 amide bonds. The molecule has 1 aromatic carbocycles. The number of H-pyrrole nitrogens is 1. The van der Waals surface area contributed by atoms with Crippen LogP contribution >= 0.6 is 11.6 Å². The van der Waals surface area contributed by atoms with E-state index in [4.69, 9.17) is 11.6 Å². The lowest BCUT2D eigenvalue weighted by Crippen LogP contribution is -2.26. The number of hydrogen-bond acceptors (Lipinski definition) is 2. The number of nitrogens with one attached hydrogen (secondary N) is 2. The highest BCUT2D eigenvalue weighted by Crippen LogP contribution is 2.14. The highest BCUT2D eigenvalue weighted by Gasteiger charge is 2.08. The Kier molecular flexibility index (Phi) is 3.99. The number of carbonyl (C=O) groups excluding carboxylic acids is 1. The van der Waals surface area contributed by atoms with E-state index in [-0.39, 0.29) is 5.91 Å². The van der Waals surface area contributed by atoms with E-state index in [1.807, 2.05) is 6.92 Å². The molecule has 0 unspecified atom stereocenters. The molecule has 2 rings (SSSR count). The first kappa shape index (κ1) is 12.6. The van der Waals surface area contributed by atoms with Crippen LogP contribution in [0.25, 0.3) is 0 Å². The second-order valence-electron chi connectivity index (χ2n) is 4.00. The monoisotopic (exact) mass is 263 g/mol. The third kappa shape index (κ3) is 3.11. The Morgan fingerprint density at radius 2 is 2.33 bits per heavy atom. The van der Waals surface area contributed by atoms with Crippen LogP contribution in [0.3, 0.4) is 0 Å². The lowest BCUT2D eigenvalue weighted by molar-refractivity contribution is 0.0953. The lowest BCUT2D eigenvalue weighted by atomic mass is 10.1. The number of aromatic nitrogens is 2. The van der Waals surface area contributed by atoms with Crippen LogP contribution in [0.4, 0.5) is 0 Å². The molecule has 0 spiro atoms. The number of imidazole rings is 1. The van der Waals surface area contributed by atoms with Crippen LogP contribution in [0.15, 0.2) is 30.6 Å². The van der Waals surface area contributed by atoms with Crippen molar-refractivity contribution in [2.75, 3.05) is 6.54 Å². The molecule has 18 heavy (non-hydrogen) atoms. The Bertz CT molecular complexity index is 537. The van der Waals surface area contributed by atoms with Gasteiger partial charge in [0.2, 0.25) is 0 Å². The maximum atomic E-state index is 11.9. The van der Waals surface area contributed by atoms with E-state index < -0.39 is 0 Å². The fourth-order valence-corrected chi connectivity index (χ4v) is 1.93. The van der Waals surface area contributed by atoms with Crippen molar-refractivity contribution < 1.29 is 4.79 Å². The molecule has 0 saturated carbocycles. The molecule has 1 heterocycles. The second-order valence-corrected chi connectivity index (χ2v) is 4.44. The van der Waals surface area contributed by atoms with Gasteiger partial charge in [-0.15, -0.1) is 0 Å². The van der Waals surface area contributed by atoms with Crippen LogP contribution in [0, 0.1) is 6.92 Å². The Morgan fingerprint density at radius 3 is 3.00 bits per heavy atom. The molecule has 4 nitrogen and oxygen atoms in total. The standard InChI is InChI=1S/C13H14ClN3O/c1-9-8-10(14)2-3-11(9)13(18)17-5-4-12-15-6-7-16-12/h2-3,6-8H,4-5H2,1H3,(H,15,16)(H,17,18). The van der Waals surface area contributed by atoms with Crippen molar-refractivity contribution in [2.45, 2.75) is 13.3 Å². The summed E-state index contributed by atoms with van der Waals surface area (Å²) in [6.07, 6.45) is 4.15. The van der Waals surface area contributed by atoms with E-state index >= 15 is 0 Å². The third-order valence-corrected chi connectivity index (χ3v) is 2.87. The van der Waals surface area contributed by atoms with Crippen molar-refractivity contribution in [1.29, 1.82) is 0 Å². The van der Waals surface area contributed by atoms with Crippen LogP contribution in [0.5, 0.6) is 0 Å². The average Bonchev–Trinajstić information content (AvgIpc) is 2.81. The highest BCUT2D eigenvalue weighted by atomic mass is 35.5. The minimum atomic E-state index is -0.0873. The van der Waals surface area contributed by atoms with Gasteiger partial charge < -0.3 is 10.3 Å². The molecule has 0 aliphatic rings. The summed E-state index contributed by atoms with van der Waals surface area (Å²) in [5.74, 6) is 0.777. The fraction of sp³-hybridized carbons (Fsp3) is 0.231. The smallest absolute Gasteiger partial charge is 0.251 e. The van der Waals surface area contributed by atoms with Gasteiger partial charge in [-0.3, -0.25) is 4.79 Å². The van der Waals surface area contributed by atoms with Gasteiger partial charge in [0, 0.05) is 35.9 Å². The van der Waals surface area contributed by atoms with Crippen LogP contribution in [-0.4, -0.2) is 22.4 Å². The van der Waals surface area contributed by atoms with Crippen molar-refractivity contribution in [3.05, 3.63) is 52.6 Å². The van der Waals surface area contributed by atoms with Gasteiger partial charge in [-0.25, -0.2) is 4.98 Å². The Morgan fingerprint density at radius 1 is 1.50 bits per heavy atom. The molecule has 94 valence electrons. The molecule has 2 aromatic rings. The van der Waals surface area contributed by atoms with E-state index in [1.165, 1.54) is 0 Å². The zero-order valence-corrected chi connectivity index (χ0v) is 10.8. The first-order valence-electron chi connectivity index (χ1n) is 5.69. The van der Waals surface area contributed by atoms with Crippen LogP contribution < -0.4 is 5.32 Å². The minimum absolute atomic E-state index is 0.0873. The quantitative estimate of drug-likeness (QED) is 0.890. The number of aryl methyl sites for hydroxylation is 1. The molecule has 0 radical (unpaired) electrons. The van der Waals surface area contributed by atoms with Gasteiger partial charge >= 0.3 is 0 Å². The number of amides is 1. The molecule has 0 aliphatic heterocycles. The Labute approximate surface area is 110 Å². The predicted molar refractivity (Wildman–Crippen MR) is 70.8 cm³/mol. The summed E-state index contributed by atoms with van der Waals surface area (Å²) in [4.78, 5) is 19.0. The van der Waals surface area contributed by atoms with E-state index in [0.717, 1.165) is 11.4 Å². The summed E-state index contributed by atoms with van der Waals surface area (Å²) in [5.41, 5.74) is 1.52. The van der Waals surface area contributed by atoms with E-state index in [9.17, 15) is 4.79 Å². The van der Waals surface area contributed by atoms with Crippen molar-refractivity contribution in [1.82, 2.24) is 15.3 Å². The summed E-state index contributed by atoms with van der Waals surface area (Å²) < 4.78 is 0. The van der Waals surface area contributed by atoms with Gasteiger partial charge in [0.25, 0.3) is 5.91 Å². The molecule has 0 saturated heterocycles. The second kappa shape index (κ2) is 5.69. The van der Waals surface area contributed by atoms with Gasteiger partial charge in [-0.2, -0.15) is 0 Å². The number of benzene rings is 1. The summed E-state index contributed by atoms with van der Waals surface area (Å²) in [6.45, 7) is 2.42. The van der Waals surface area contributed by atoms with Gasteiger partial charge in [0.05, 0.1) is 0 Å². The summed E-state index contributed by atoms with van der Waals surface area (Å²) in [7, 11) is 0. The summed E-state index contributed by atoms with van der Waals surface area (Å²) >= 11 is 5.85. The first-order valence-corrected chi connectivity index (χ1v) is 6.07. The van der Waals surface area contributed by atoms with E-state index in [2.05, 4.69) is 15.3 Å². The largest absolute Gasteiger partial charge is 0.352 e. The molecule has 0 fully saturated rings. The molecule has 1 aromatic heterocycles. The van der Waals surface area contributed by atoms with Crippen molar-refractivity contribution in [3.8, 4) is 0 Å². The molecule has 2 N–H and O–H groups in total. The summed E-state index contributed by atoms with van der Waals surface area (Å²) in [5, 5.41) is 3.49. The zero-order chi connectivity index (χ0) is 13.0. The highest BCUT2D eigenvalue weighted by molar-refractivity contribution is 6.30. The van der Waals surface area contributed by atoms with Gasteiger partial charge in [0.15, 0.2) is 0 Å². The average molecular weight is 264 g/mol. The van der Waals surface area contributed by atoms with Gasteiger partial charge in [0.1, 0.15) is 5.82 Å². The van der Waals surface area contributed by atoms with Gasteiger partial charge in [-0.1, -0.05) is 11.6 Å². The van der Waals surface area contributed by atoms with Crippen LogP contribution in [-0.2, 0) is 6.42 Å². The van der Waals surface area contributed by atoms with Gasteiger partial charge in [-0.05, 0) is 30.7 Å². The predicted octanol–water partition coefficient (Wildman–Crippen LogP) is 2.34. The molecule has 0 bridgehead atoms. The zero-order valence-electron chi connectivity index (χ0n) is 10.0. The van der Waals surface area contributed by atoms with Crippen molar-refractivity contribution >= 4 is 17.5 Å². The Balaban J connectivity index is 1.91. The fourth-order valence-electron chi connectivity index (χ4n) is 1.71. The number of hydrogen-bond donors (Lipinski definition) is 2. The topological polar surface area (TPSA) is 57.8 Å². The number of rotatable bonds is 4. The molecule has 0 aliphatic carbocycles. The van der Waals surface area contributed by atoms with E-state index in [1.54, 1.807) is 30.6 Å². The normalized spacial score (nSPS) is 10.3. The van der Waals surface area contributed by atoms with Crippen LogP contribution in [0.2, 0.25) is 5.02 Å². The maximum absolute atomic E-state index is 11.9.